The number of nitrogens with one attached hydrogen (secondary N) is 1. The fraction of sp³-hybridized carbons (Fsp3) is 0.538. The van der Waals surface area contributed by atoms with Gasteiger partial charge in [-0.05, 0) is 51.8 Å². The van der Waals surface area contributed by atoms with Gasteiger partial charge in [-0.1, -0.05) is 6.07 Å². The molecule has 1 nitrogen and oxygen atoms in total. The minimum absolute atomic E-state index is 0.0176. The Labute approximate surface area is 91.7 Å². The van der Waals surface area contributed by atoms with E-state index in [0.29, 0.717) is 6.54 Å². The van der Waals surface area contributed by atoms with Crippen LogP contribution in [0.2, 0.25) is 0 Å². The number of hydrogen-bond acceptors (Lipinski definition) is 1. The molecule has 0 bridgehead atoms. The Morgan fingerprint density at radius 2 is 1.80 bits per heavy atom. The minimum atomic E-state index is -0.107. The van der Waals surface area contributed by atoms with E-state index < -0.39 is 0 Å². The van der Waals surface area contributed by atoms with Gasteiger partial charge in [0.25, 0.3) is 0 Å². The summed E-state index contributed by atoms with van der Waals surface area (Å²) in [6.07, 6.45) is 0. The van der Waals surface area contributed by atoms with Crippen LogP contribution in [0, 0.1) is 19.7 Å². The molecular weight excluding hydrogens is 189 g/mol. The lowest BCUT2D eigenvalue weighted by molar-refractivity contribution is 0.418. The van der Waals surface area contributed by atoms with Gasteiger partial charge in [-0.2, -0.15) is 0 Å². The van der Waals surface area contributed by atoms with Gasteiger partial charge < -0.3 is 5.32 Å². The van der Waals surface area contributed by atoms with Crippen molar-refractivity contribution in [1.29, 1.82) is 0 Å². The van der Waals surface area contributed by atoms with Crippen molar-refractivity contribution in [2.75, 3.05) is 0 Å². The van der Waals surface area contributed by atoms with Crippen LogP contribution in [0.3, 0.4) is 0 Å². The highest BCUT2D eigenvalue weighted by molar-refractivity contribution is 5.31. The monoisotopic (exact) mass is 209 g/mol. The van der Waals surface area contributed by atoms with Crippen LogP contribution in [-0.4, -0.2) is 5.54 Å². The quantitative estimate of drug-likeness (QED) is 0.787. The number of aryl methyl sites for hydroxylation is 2. The topological polar surface area (TPSA) is 12.0 Å². The highest BCUT2D eigenvalue weighted by atomic mass is 19.1. The van der Waals surface area contributed by atoms with Crippen LogP contribution in [0.25, 0.3) is 0 Å². The zero-order chi connectivity index (χ0) is 11.6. The van der Waals surface area contributed by atoms with E-state index in [4.69, 9.17) is 0 Å². The zero-order valence-electron chi connectivity index (χ0n) is 10.2. The van der Waals surface area contributed by atoms with Crippen molar-refractivity contribution in [1.82, 2.24) is 5.32 Å². The molecule has 84 valence electrons. The Morgan fingerprint density at radius 3 is 2.27 bits per heavy atom. The van der Waals surface area contributed by atoms with Crippen LogP contribution >= 0.6 is 0 Å². The predicted octanol–water partition coefficient (Wildman–Crippen LogP) is 3.33. The number of rotatable bonds is 2. The van der Waals surface area contributed by atoms with Crippen LogP contribution in [0.5, 0.6) is 0 Å². The summed E-state index contributed by atoms with van der Waals surface area (Å²) < 4.78 is 13.6. The van der Waals surface area contributed by atoms with Gasteiger partial charge >= 0.3 is 0 Å². The van der Waals surface area contributed by atoms with E-state index >= 15 is 0 Å². The Kier molecular flexibility index (Phi) is 3.50. The Hall–Kier alpha value is -0.890. The van der Waals surface area contributed by atoms with Crippen molar-refractivity contribution in [3.63, 3.8) is 0 Å². The first-order valence-electron chi connectivity index (χ1n) is 5.30. The molecule has 0 fully saturated rings. The van der Waals surface area contributed by atoms with Crippen LogP contribution in [-0.2, 0) is 6.54 Å². The Morgan fingerprint density at radius 1 is 1.20 bits per heavy atom. The first-order chi connectivity index (χ1) is 6.79. The van der Waals surface area contributed by atoms with E-state index in [-0.39, 0.29) is 11.4 Å². The smallest absolute Gasteiger partial charge is 0.128 e. The summed E-state index contributed by atoms with van der Waals surface area (Å²) in [5, 5.41) is 3.30. The maximum absolute atomic E-state index is 13.6. The molecule has 15 heavy (non-hydrogen) atoms. The molecule has 0 aliphatic rings. The third-order valence-electron chi connectivity index (χ3n) is 2.36. The normalized spacial score (nSPS) is 11.9. The molecule has 0 saturated heterocycles. The molecule has 0 atom stereocenters. The fourth-order valence-electron chi connectivity index (χ4n) is 1.52. The summed E-state index contributed by atoms with van der Waals surface area (Å²) in [6.45, 7) is 10.7. The van der Waals surface area contributed by atoms with Crippen molar-refractivity contribution < 1.29 is 4.39 Å². The first-order valence-corrected chi connectivity index (χ1v) is 5.30. The average Bonchev–Trinajstić information content (AvgIpc) is 1.99. The summed E-state index contributed by atoms with van der Waals surface area (Å²) in [5.41, 5.74) is 2.79. The van der Waals surface area contributed by atoms with Gasteiger partial charge in [0.15, 0.2) is 0 Å². The largest absolute Gasteiger partial charge is 0.308 e. The van der Waals surface area contributed by atoms with Gasteiger partial charge in [0.1, 0.15) is 5.82 Å². The second-order valence-corrected chi connectivity index (χ2v) is 5.15. The molecule has 0 amide bonds. The molecule has 0 aromatic heterocycles. The van der Waals surface area contributed by atoms with Gasteiger partial charge in [-0.25, -0.2) is 4.39 Å². The van der Waals surface area contributed by atoms with Crippen molar-refractivity contribution in [3.8, 4) is 0 Å². The van der Waals surface area contributed by atoms with E-state index in [2.05, 4.69) is 26.1 Å². The van der Waals surface area contributed by atoms with E-state index in [1.54, 1.807) is 6.07 Å². The molecule has 1 aromatic carbocycles. The molecule has 0 spiro atoms. The van der Waals surface area contributed by atoms with Crippen LogP contribution < -0.4 is 5.32 Å². The Bertz CT molecular complexity index is 327. The Balaban J connectivity index is 2.86. The van der Waals surface area contributed by atoms with Gasteiger partial charge in [-0.15, -0.1) is 0 Å². The van der Waals surface area contributed by atoms with Gasteiger partial charge in [0.2, 0.25) is 0 Å². The van der Waals surface area contributed by atoms with Crippen molar-refractivity contribution >= 4 is 0 Å². The molecule has 1 aromatic rings. The molecular formula is C13H20FN. The minimum Gasteiger partial charge on any atom is -0.308 e. The summed E-state index contributed by atoms with van der Waals surface area (Å²) in [5.74, 6) is -0.107. The molecule has 0 heterocycles. The van der Waals surface area contributed by atoms with Crippen LogP contribution in [0.1, 0.15) is 37.5 Å². The SMILES string of the molecule is Cc1cc(C)c(CNC(C)(C)C)c(F)c1. The van der Waals surface area contributed by atoms with Crippen molar-refractivity contribution in [2.45, 2.75) is 46.7 Å². The van der Waals surface area contributed by atoms with E-state index in [1.807, 2.05) is 19.9 Å². The molecule has 0 aliphatic heterocycles. The highest BCUT2D eigenvalue weighted by Crippen LogP contribution is 2.16. The van der Waals surface area contributed by atoms with Crippen molar-refractivity contribution in [3.05, 3.63) is 34.6 Å². The maximum Gasteiger partial charge on any atom is 0.128 e. The third kappa shape index (κ3) is 3.63. The fourth-order valence-corrected chi connectivity index (χ4v) is 1.52. The molecule has 1 N–H and O–H groups in total. The molecule has 2 heteroatoms. The number of hydrogen-bond donors (Lipinski definition) is 1. The number of halogens is 1. The van der Waals surface area contributed by atoms with E-state index in [0.717, 1.165) is 16.7 Å². The summed E-state index contributed by atoms with van der Waals surface area (Å²) >= 11 is 0. The van der Waals surface area contributed by atoms with Crippen LogP contribution in [0.4, 0.5) is 4.39 Å². The van der Waals surface area contributed by atoms with E-state index in [9.17, 15) is 4.39 Å². The second-order valence-electron chi connectivity index (χ2n) is 5.15. The molecule has 1 rings (SSSR count). The summed E-state index contributed by atoms with van der Waals surface area (Å²) in [4.78, 5) is 0. The average molecular weight is 209 g/mol. The molecule has 0 radical (unpaired) electrons. The zero-order valence-corrected chi connectivity index (χ0v) is 10.2. The van der Waals surface area contributed by atoms with E-state index in [1.165, 1.54) is 0 Å². The standard InChI is InChI=1S/C13H20FN/c1-9-6-10(2)11(12(14)7-9)8-15-13(3,4)5/h6-7,15H,8H2,1-5H3. The van der Waals surface area contributed by atoms with Gasteiger partial charge in [-0.3, -0.25) is 0 Å². The summed E-state index contributed by atoms with van der Waals surface area (Å²) in [6, 6.07) is 3.61. The van der Waals surface area contributed by atoms with Gasteiger partial charge in [0.05, 0.1) is 0 Å². The third-order valence-corrected chi connectivity index (χ3v) is 2.36. The molecule has 0 aliphatic carbocycles. The maximum atomic E-state index is 13.6. The van der Waals surface area contributed by atoms with Gasteiger partial charge in [0, 0.05) is 17.6 Å². The summed E-state index contributed by atoms with van der Waals surface area (Å²) in [7, 11) is 0. The second kappa shape index (κ2) is 4.31. The predicted molar refractivity (Wildman–Crippen MR) is 62.5 cm³/mol. The highest BCUT2D eigenvalue weighted by Gasteiger charge is 2.12. The number of benzene rings is 1. The molecule has 0 saturated carbocycles. The van der Waals surface area contributed by atoms with Crippen molar-refractivity contribution in [2.24, 2.45) is 0 Å². The molecule has 0 unspecified atom stereocenters. The lowest BCUT2D eigenvalue weighted by Gasteiger charge is -2.21. The lowest BCUT2D eigenvalue weighted by Crippen LogP contribution is -2.35. The first kappa shape index (κ1) is 12.2. The van der Waals surface area contributed by atoms with Crippen LogP contribution in [0.15, 0.2) is 12.1 Å². The lowest BCUT2D eigenvalue weighted by atomic mass is 10.0.